The first-order valence-electron chi connectivity index (χ1n) is 4.94. The number of hydrogen-bond donors (Lipinski definition) is 2. The highest BCUT2D eigenvalue weighted by molar-refractivity contribution is 5.78. The first-order valence-corrected chi connectivity index (χ1v) is 4.94. The molecule has 74 valence electrons. The standard InChI is InChI=1S/C9H17N3O/c10-5-8(13)12-3-1-9(2-4-12)6-11-7-9/h11H,1-7,10H2. The van der Waals surface area contributed by atoms with E-state index in [1.165, 1.54) is 0 Å². The predicted molar refractivity (Wildman–Crippen MR) is 50.2 cm³/mol. The van der Waals surface area contributed by atoms with Crippen LogP contribution in [0.5, 0.6) is 0 Å². The van der Waals surface area contributed by atoms with E-state index in [-0.39, 0.29) is 12.5 Å². The Morgan fingerprint density at radius 3 is 2.38 bits per heavy atom. The van der Waals surface area contributed by atoms with Crippen molar-refractivity contribution in [3.8, 4) is 0 Å². The van der Waals surface area contributed by atoms with Crippen molar-refractivity contribution in [3.05, 3.63) is 0 Å². The first-order chi connectivity index (χ1) is 6.26. The number of amides is 1. The van der Waals surface area contributed by atoms with Gasteiger partial charge < -0.3 is 16.0 Å². The van der Waals surface area contributed by atoms with Gasteiger partial charge >= 0.3 is 0 Å². The van der Waals surface area contributed by atoms with Gasteiger partial charge in [-0.1, -0.05) is 0 Å². The van der Waals surface area contributed by atoms with Crippen molar-refractivity contribution in [1.82, 2.24) is 10.2 Å². The zero-order chi connectivity index (χ0) is 9.31. The second kappa shape index (κ2) is 3.27. The molecule has 2 heterocycles. The Bertz CT molecular complexity index is 203. The van der Waals surface area contributed by atoms with Crippen molar-refractivity contribution in [2.75, 3.05) is 32.7 Å². The monoisotopic (exact) mass is 183 g/mol. The highest BCUT2D eigenvalue weighted by atomic mass is 16.2. The third-order valence-electron chi connectivity index (χ3n) is 3.35. The number of carbonyl (C=O) groups excluding carboxylic acids is 1. The number of nitrogens with one attached hydrogen (secondary N) is 1. The average Bonchev–Trinajstić information content (AvgIpc) is 2.14. The zero-order valence-electron chi connectivity index (χ0n) is 7.88. The molecule has 0 bridgehead atoms. The normalized spacial score (nSPS) is 25.8. The molecule has 2 aliphatic rings. The number of nitrogens with zero attached hydrogens (tertiary/aromatic N) is 1. The van der Waals surface area contributed by atoms with Gasteiger partial charge in [-0.05, 0) is 18.3 Å². The van der Waals surface area contributed by atoms with Crippen LogP contribution in [0.3, 0.4) is 0 Å². The summed E-state index contributed by atoms with van der Waals surface area (Å²) in [5.74, 6) is 0.0992. The molecule has 13 heavy (non-hydrogen) atoms. The van der Waals surface area contributed by atoms with Crippen LogP contribution >= 0.6 is 0 Å². The Labute approximate surface area is 78.5 Å². The summed E-state index contributed by atoms with van der Waals surface area (Å²) in [7, 11) is 0. The summed E-state index contributed by atoms with van der Waals surface area (Å²) in [5, 5.41) is 3.30. The third kappa shape index (κ3) is 1.56. The van der Waals surface area contributed by atoms with Crippen LogP contribution < -0.4 is 11.1 Å². The molecule has 0 unspecified atom stereocenters. The summed E-state index contributed by atoms with van der Waals surface area (Å²) in [5.41, 5.74) is 5.83. The van der Waals surface area contributed by atoms with Crippen LogP contribution in [-0.2, 0) is 4.79 Å². The molecule has 1 amide bonds. The smallest absolute Gasteiger partial charge is 0.236 e. The van der Waals surface area contributed by atoms with E-state index in [0.717, 1.165) is 39.0 Å². The quantitative estimate of drug-likeness (QED) is 0.557. The minimum Gasteiger partial charge on any atom is -0.342 e. The van der Waals surface area contributed by atoms with Crippen molar-refractivity contribution in [1.29, 1.82) is 0 Å². The summed E-state index contributed by atoms with van der Waals surface area (Å²) in [6.45, 7) is 4.23. The fourth-order valence-electron chi connectivity index (χ4n) is 2.19. The van der Waals surface area contributed by atoms with Crippen molar-refractivity contribution >= 4 is 5.91 Å². The van der Waals surface area contributed by atoms with Gasteiger partial charge in [0.05, 0.1) is 6.54 Å². The maximum atomic E-state index is 11.3. The van der Waals surface area contributed by atoms with E-state index in [0.29, 0.717) is 5.41 Å². The Hall–Kier alpha value is -0.610. The van der Waals surface area contributed by atoms with Crippen molar-refractivity contribution < 1.29 is 4.79 Å². The summed E-state index contributed by atoms with van der Waals surface area (Å²) in [6.07, 6.45) is 2.29. The van der Waals surface area contributed by atoms with Crippen molar-refractivity contribution in [2.24, 2.45) is 11.1 Å². The summed E-state index contributed by atoms with van der Waals surface area (Å²) in [6, 6.07) is 0. The molecule has 1 spiro atoms. The van der Waals surface area contributed by atoms with Crippen LogP contribution in [0, 0.1) is 5.41 Å². The fraction of sp³-hybridized carbons (Fsp3) is 0.889. The molecule has 4 nitrogen and oxygen atoms in total. The second-order valence-electron chi connectivity index (χ2n) is 4.19. The van der Waals surface area contributed by atoms with Gasteiger partial charge in [0.1, 0.15) is 0 Å². The highest BCUT2D eigenvalue weighted by Gasteiger charge is 2.40. The first kappa shape index (κ1) is 8.97. The largest absolute Gasteiger partial charge is 0.342 e. The Morgan fingerprint density at radius 1 is 1.38 bits per heavy atom. The molecule has 0 aliphatic carbocycles. The highest BCUT2D eigenvalue weighted by Crippen LogP contribution is 2.34. The lowest BCUT2D eigenvalue weighted by molar-refractivity contribution is -0.132. The number of rotatable bonds is 1. The minimum atomic E-state index is 0.0992. The lowest BCUT2D eigenvalue weighted by Crippen LogP contribution is -2.59. The van der Waals surface area contributed by atoms with Gasteiger partial charge in [-0.15, -0.1) is 0 Å². The maximum absolute atomic E-state index is 11.3. The van der Waals surface area contributed by atoms with Crippen LogP contribution in [-0.4, -0.2) is 43.5 Å². The number of hydrogen-bond acceptors (Lipinski definition) is 3. The zero-order valence-corrected chi connectivity index (χ0v) is 7.88. The van der Waals surface area contributed by atoms with Gasteiger partial charge in [0, 0.05) is 26.2 Å². The molecule has 0 atom stereocenters. The number of likely N-dealkylation sites (tertiary alicyclic amines) is 1. The summed E-state index contributed by atoms with van der Waals surface area (Å²) in [4.78, 5) is 13.2. The lowest BCUT2D eigenvalue weighted by atomic mass is 9.73. The SMILES string of the molecule is NCC(=O)N1CCC2(CC1)CNC2. The van der Waals surface area contributed by atoms with Crippen LogP contribution in [0.4, 0.5) is 0 Å². The van der Waals surface area contributed by atoms with E-state index in [9.17, 15) is 4.79 Å². The molecule has 0 aromatic rings. The van der Waals surface area contributed by atoms with Crippen molar-refractivity contribution in [3.63, 3.8) is 0 Å². The second-order valence-corrected chi connectivity index (χ2v) is 4.19. The molecule has 0 radical (unpaired) electrons. The van der Waals surface area contributed by atoms with Gasteiger partial charge in [-0.3, -0.25) is 4.79 Å². The molecular formula is C9H17N3O. The topological polar surface area (TPSA) is 58.4 Å². The van der Waals surface area contributed by atoms with E-state index in [2.05, 4.69) is 5.32 Å². The van der Waals surface area contributed by atoms with Crippen LogP contribution in [0.1, 0.15) is 12.8 Å². The molecule has 4 heteroatoms. The number of carbonyl (C=O) groups is 1. The minimum absolute atomic E-state index is 0.0992. The Balaban J connectivity index is 1.85. The lowest BCUT2D eigenvalue weighted by Gasteiger charge is -2.48. The fourth-order valence-corrected chi connectivity index (χ4v) is 2.19. The van der Waals surface area contributed by atoms with Gasteiger partial charge in [0.2, 0.25) is 5.91 Å². The van der Waals surface area contributed by atoms with Crippen molar-refractivity contribution in [2.45, 2.75) is 12.8 Å². The molecule has 0 aromatic heterocycles. The molecule has 0 aromatic carbocycles. The number of piperidine rings is 1. The van der Waals surface area contributed by atoms with Gasteiger partial charge in [0.15, 0.2) is 0 Å². The molecule has 0 saturated carbocycles. The predicted octanol–water partition coefficient (Wildman–Crippen LogP) is -0.843. The van der Waals surface area contributed by atoms with E-state index >= 15 is 0 Å². The molecule has 2 aliphatic heterocycles. The molecule has 2 rings (SSSR count). The van der Waals surface area contributed by atoms with E-state index in [4.69, 9.17) is 5.73 Å². The van der Waals surface area contributed by atoms with Crippen LogP contribution in [0.2, 0.25) is 0 Å². The molecular weight excluding hydrogens is 166 g/mol. The maximum Gasteiger partial charge on any atom is 0.236 e. The Morgan fingerprint density at radius 2 is 2.00 bits per heavy atom. The number of nitrogens with two attached hydrogens (primary N) is 1. The average molecular weight is 183 g/mol. The van der Waals surface area contributed by atoms with Gasteiger partial charge in [0.25, 0.3) is 0 Å². The molecule has 2 fully saturated rings. The van der Waals surface area contributed by atoms with E-state index in [1.807, 2.05) is 4.90 Å². The van der Waals surface area contributed by atoms with E-state index < -0.39 is 0 Å². The van der Waals surface area contributed by atoms with E-state index in [1.54, 1.807) is 0 Å². The molecule has 3 N–H and O–H groups in total. The Kier molecular flexibility index (Phi) is 2.26. The van der Waals surface area contributed by atoms with Crippen LogP contribution in [0.25, 0.3) is 0 Å². The van der Waals surface area contributed by atoms with Gasteiger partial charge in [-0.25, -0.2) is 0 Å². The molecule has 2 saturated heterocycles. The summed E-state index contributed by atoms with van der Waals surface area (Å²) >= 11 is 0. The summed E-state index contributed by atoms with van der Waals surface area (Å²) < 4.78 is 0. The van der Waals surface area contributed by atoms with Gasteiger partial charge in [-0.2, -0.15) is 0 Å². The third-order valence-corrected chi connectivity index (χ3v) is 3.35. The van der Waals surface area contributed by atoms with Crippen LogP contribution in [0.15, 0.2) is 0 Å².